The third-order valence-corrected chi connectivity index (χ3v) is 10.9. The van der Waals surface area contributed by atoms with Crippen molar-refractivity contribution in [2.75, 3.05) is 64.5 Å². The van der Waals surface area contributed by atoms with Gasteiger partial charge in [-0.2, -0.15) is 27.7 Å². The van der Waals surface area contributed by atoms with Crippen LogP contribution in [0.1, 0.15) is 28.1 Å². The molecule has 1 fully saturated rings. The molecule has 0 bridgehead atoms. The predicted molar refractivity (Wildman–Crippen MR) is 163 cm³/mol. The molecule has 1 saturated heterocycles. The Hall–Kier alpha value is -2.47. The highest BCUT2D eigenvalue weighted by atomic mass is 32.2. The summed E-state index contributed by atoms with van der Waals surface area (Å²) in [5, 5.41) is 23.1. The van der Waals surface area contributed by atoms with E-state index in [0.29, 0.717) is 61.8 Å². The number of hydrogen-bond acceptors (Lipinski definition) is 9. The van der Waals surface area contributed by atoms with E-state index in [1.54, 1.807) is 4.68 Å². The van der Waals surface area contributed by atoms with Crippen LogP contribution in [0.2, 0.25) is 0 Å². The van der Waals surface area contributed by atoms with E-state index >= 15 is 0 Å². The Morgan fingerprint density at radius 3 is 2.64 bits per heavy atom. The van der Waals surface area contributed by atoms with E-state index in [2.05, 4.69) is 20.0 Å². The van der Waals surface area contributed by atoms with Gasteiger partial charge in [0.1, 0.15) is 0 Å². The highest BCUT2D eigenvalue weighted by molar-refractivity contribution is 7.99. The normalized spacial score (nSPS) is 19.4. The molecule has 3 aromatic rings. The lowest BCUT2D eigenvalue weighted by Crippen LogP contribution is -2.39. The highest BCUT2D eigenvalue weighted by Crippen LogP contribution is 2.40. The molecule has 2 aromatic heterocycles. The number of morpholine rings is 1. The Kier molecular flexibility index (Phi) is 9.62. The first kappa shape index (κ1) is 32.5. The van der Waals surface area contributed by atoms with Crippen LogP contribution in [-0.4, -0.2) is 118 Å². The number of thioether (sulfide) groups is 1. The topological polar surface area (TPSA) is 120 Å². The van der Waals surface area contributed by atoms with Gasteiger partial charge in [-0.15, -0.1) is 11.8 Å². The number of aromatic amines is 1. The first-order chi connectivity index (χ1) is 21.5. The molecule has 11 nitrogen and oxygen atoms in total. The molecular formula is C29H38F3N7O4S2. The number of H-pyrrole nitrogens is 1. The molecule has 6 rings (SSSR count). The molecule has 3 aliphatic heterocycles. The van der Waals surface area contributed by atoms with Crippen LogP contribution in [0.4, 0.5) is 13.2 Å². The third-order valence-electron chi connectivity index (χ3n) is 8.62. The zero-order valence-corrected chi connectivity index (χ0v) is 26.7. The monoisotopic (exact) mass is 669 g/mol. The molecule has 246 valence electrons. The first-order valence-electron chi connectivity index (χ1n) is 15.1. The SMILES string of the molecule is CS(=O)(=O)N1CCc2c(c(-c3ccc(C(F)(F)F)c(SCCN4CCOCC4)c3)nn2CC(O)CN2CCc3n[nH]cc3C2)C1. The van der Waals surface area contributed by atoms with Crippen molar-refractivity contribution < 1.29 is 31.4 Å². The number of aromatic nitrogens is 4. The second-order valence-corrected chi connectivity index (χ2v) is 14.9. The van der Waals surface area contributed by atoms with Gasteiger partial charge < -0.3 is 9.84 Å². The highest BCUT2D eigenvalue weighted by Gasteiger charge is 2.35. The number of sulfonamides is 1. The lowest BCUT2D eigenvalue weighted by molar-refractivity contribution is -0.139. The van der Waals surface area contributed by atoms with E-state index in [9.17, 15) is 26.7 Å². The van der Waals surface area contributed by atoms with E-state index in [1.165, 1.54) is 16.4 Å². The average Bonchev–Trinajstić information content (AvgIpc) is 3.61. The van der Waals surface area contributed by atoms with Crippen molar-refractivity contribution in [3.05, 3.63) is 52.5 Å². The number of nitrogens with zero attached hydrogens (tertiary/aromatic N) is 6. The van der Waals surface area contributed by atoms with Crippen LogP contribution in [0.15, 0.2) is 29.3 Å². The summed E-state index contributed by atoms with van der Waals surface area (Å²) < 4.78 is 75.6. The summed E-state index contributed by atoms with van der Waals surface area (Å²) in [4.78, 5) is 4.44. The Balaban J connectivity index is 1.27. The molecule has 1 unspecified atom stereocenters. The van der Waals surface area contributed by atoms with Crippen LogP contribution < -0.4 is 0 Å². The van der Waals surface area contributed by atoms with Crippen molar-refractivity contribution in [2.24, 2.45) is 0 Å². The van der Waals surface area contributed by atoms with Crippen molar-refractivity contribution in [3.8, 4) is 11.3 Å². The largest absolute Gasteiger partial charge is 0.417 e. The van der Waals surface area contributed by atoms with E-state index in [4.69, 9.17) is 9.84 Å². The van der Waals surface area contributed by atoms with E-state index < -0.39 is 27.9 Å². The quantitative estimate of drug-likeness (QED) is 0.314. The summed E-state index contributed by atoms with van der Waals surface area (Å²) in [6, 6.07) is 4.02. The summed E-state index contributed by atoms with van der Waals surface area (Å²) in [6.45, 7) is 5.72. The number of rotatable bonds is 10. The molecule has 3 aliphatic rings. The van der Waals surface area contributed by atoms with Crippen molar-refractivity contribution >= 4 is 21.8 Å². The number of halogens is 3. The van der Waals surface area contributed by atoms with Gasteiger partial charge in [-0.05, 0) is 12.1 Å². The summed E-state index contributed by atoms with van der Waals surface area (Å²) in [5.74, 6) is 0.476. The zero-order valence-electron chi connectivity index (χ0n) is 25.1. The molecule has 0 saturated carbocycles. The molecule has 0 aliphatic carbocycles. The number of aliphatic hydroxyl groups is 1. The number of benzene rings is 1. The van der Waals surface area contributed by atoms with Crippen LogP contribution in [0.25, 0.3) is 11.3 Å². The van der Waals surface area contributed by atoms with Gasteiger partial charge in [0.15, 0.2) is 0 Å². The fourth-order valence-electron chi connectivity index (χ4n) is 6.26. The van der Waals surface area contributed by atoms with Crippen LogP contribution in [0.5, 0.6) is 0 Å². The van der Waals surface area contributed by atoms with E-state index in [-0.39, 0.29) is 24.5 Å². The summed E-state index contributed by atoms with van der Waals surface area (Å²) in [7, 11) is -3.51. The van der Waals surface area contributed by atoms with Crippen LogP contribution in [-0.2, 0) is 53.4 Å². The molecule has 1 atom stereocenters. The second kappa shape index (κ2) is 13.3. The number of fused-ring (bicyclic) bond motifs is 2. The fraction of sp³-hybridized carbons (Fsp3) is 0.586. The van der Waals surface area contributed by atoms with Crippen molar-refractivity contribution in [1.29, 1.82) is 0 Å². The summed E-state index contributed by atoms with van der Waals surface area (Å²) in [5.41, 5.74) is 3.81. The van der Waals surface area contributed by atoms with E-state index in [1.807, 2.05) is 6.20 Å². The number of β-amino-alcohol motifs (C(OH)–C–C–N with tert-alkyl or cyclic N) is 1. The minimum absolute atomic E-state index is 0.0650. The standard InChI is InChI=1S/C29H38F3N7O4S2/c1-45(41,42)38-7-5-26-23(19-38)28(35-39(26)18-22(40)17-37-6-4-25-21(16-37)15-33-34-25)20-2-3-24(29(30,31)32)27(14-20)44-13-10-36-8-11-43-12-9-36/h2-3,14-15,22,40H,4-13,16-19H2,1H3,(H,33,34). The molecule has 0 amide bonds. The third kappa shape index (κ3) is 7.58. The second-order valence-electron chi connectivity index (χ2n) is 11.8. The van der Waals surface area contributed by atoms with Crippen molar-refractivity contribution in [1.82, 2.24) is 34.1 Å². The van der Waals surface area contributed by atoms with E-state index in [0.717, 1.165) is 67.1 Å². The van der Waals surface area contributed by atoms with Crippen LogP contribution in [0.3, 0.4) is 0 Å². The minimum Gasteiger partial charge on any atom is -0.390 e. The molecule has 0 spiro atoms. The predicted octanol–water partition coefficient (Wildman–Crippen LogP) is 2.45. The molecule has 0 radical (unpaired) electrons. The van der Waals surface area contributed by atoms with Gasteiger partial charge in [0.25, 0.3) is 0 Å². The molecule has 45 heavy (non-hydrogen) atoms. The summed E-state index contributed by atoms with van der Waals surface area (Å²) >= 11 is 1.16. The van der Waals surface area contributed by atoms with Gasteiger partial charge in [0.2, 0.25) is 10.0 Å². The van der Waals surface area contributed by atoms with Crippen molar-refractivity contribution in [3.63, 3.8) is 0 Å². The smallest absolute Gasteiger partial charge is 0.390 e. The van der Waals surface area contributed by atoms with Gasteiger partial charge in [-0.25, -0.2) is 8.42 Å². The lowest BCUT2D eigenvalue weighted by Gasteiger charge is -2.29. The van der Waals surface area contributed by atoms with Gasteiger partial charge >= 0.3 is 6.18 Å². The number of ether oxygens (including phenoxy) is 1. The molecule has 2 N–H and O–H groups in total. The lowest BCUT2D eigenvalue weighted by atomic mass is 10.0. The minimum atomic E-state index is -4.53. The Labute approximate surface area is 264 Å². The summed E-state index contributed by atoms with van der Waals surface area (Å²) in [6.07, 6.45) is -1.10. The number of hydrogen-bond donors (Lipinski definition) is 2. The first-order valence-corrected chi connectivity index (χ1v) is 17.9. The van der Waals surface area contributed by atoms with Gasteiger partial charge in [0, 0.05) is 104 Å². The van der Waals surface area contributed by atoms with Gasteiger partial charge in [0.05, 0.1) is 49.1 Å². The molecule has 5 heterocycles. The number of alkyl halides is 3. The van der Waals surface area contributed by atoms with Crippen molar-refractivity contribution in [2.45, 2.75) is 49.7 Å². The Morgan fingerprint density at radius 1 is 1.09 bits per heavy atom. The maximum Gasteiger partial charge on any atom is 0.417 e. The fourth-order valence-corrected chi connectivity index (χ4v) is 8.16. The molecule has 16 heteroatoms. The zero-order chi connectivity index (χ0) is 31.8. The number of aliphatic hydroxyl groups excluding tert-OH is 1. The Morgan fingerprint density at radius 2 is 1.89 bits per heavy atom. The van der Waals surface area contributed by atoms with Crippen LogP contribution in [0, 0.1) is 0 Å². The maximum absolute atomic E-state index is 14.1. The maximum atomic E-state index is 14.1. The number of nitrogens with one attached hydrogen (secondary N) is 1. The Bertz CT molecular complexity index is 1610. The average molecular weight is 670 g/mol. The molecule has 1 aromatic carbocycles. The molecular weight excluding hydrogens is 631 g/mol. The van der Waals surface area contributed by atoms with Gasteiger partial charge in [-0.1, -0.05) is 6.07 Å². The van der Waals surface area contributed by atoms with Gasteiger partial charge in [-0.3, -0.25) is 19.6 Å². The van der Waals surface area contributed by atoms with Crippen LogP contribution >= 0.6 is 11.8 Å².